The highest BCUT2D eigenvalue weighted by Gasteiger charge is 2.21. The number of benzene rings is 2. The van der Waals surface area contributed by atoms with Gasteiger partial charge in [0.1, 0.15) is 23.0 Å². The summed E-state index contributed by atoms with van der Waals surface area (Å²) in [6.07, 6.45) is 1.37. The fourth-order valence-corrected chi connectivity index (χ4v) is 3.64. The molecular weight excluding hydrogens is 439 g/mol. The third-order valence-corrected chi connectivity index (χ3v) is 5.56. The Morgan fingerprint density at radius 1 is 1.00 bits per heavy atom. The minimum Gasteiger partial charge on any atom is -0.364 e. The van der Waals surface area contributed by atoms with Crippen molar-refractivity contribution in [1.82, 2.24) is 25.6 Å². The predicted octanol–water partition coefficient (Wildman–Crippen LogP) is 4.24. The third-order valence-electron chi connectivity index (χ3n) is 5.25. The predicted molar refractivity (Wildman–Crippen MR) is 132 cm³/mol. The summed E-state index contributed by atoms with van der Waals surface area (Å²) in [5.74, 6) is -0.225. The van der Waals surface area contributed by atoms with Crippen LogP contribution in [0.1, 0.15) is 21.5 Å². The number of carbonyl (C=O) groups is 1. The van der Waals surface area contributed by atoms with E-state index < -0.39 is 5.82 Å². The number of carbonyl (C=O) groups excluding carboxylic acids is 1. The van der Waals surface area contributed by atoms with E-state index in [1.165, 1.54) is 12.3 Å². The molecule has 4 rings (SSSR count). The number of aromatic nitrogens is 2. The summed E-state index contributed by atoms with van der Waals surface area (Å²) in [4.78, 5) is 17.7. The van der Waals surface area contributed by atoms with Crippen molar-refractivity contribution in [3.8, 4) is 11.3 Å². The molecule has 2 heterocycles. The second-order valence-corrected chi connectivity index (χ2v) is 7.89. The number of fused-ring (bicyclic) bond motifs is 1. The molecular formula is C24H23FN6OS. The lowest BCUT2D eigenvalue weighted by atomic mass is 10.0. The van der Waals surface area contributed by atoms with Crippen LogP contribution in [0.3, 0.4) is 0 Å². The van der Waals surface area contributed by atoms with E-state index in [1.807, 2.05) is 38.1 Å². The lowest BCUT2D eigenvalue weighted by molar-refractivity contribution is 0.0944. The SMILES string of the molecule is CNC(=S)NNC(=O)c1ccccc1-c1nc2ccc(F)cn2c1Nc1c(C)cccc1C. The van der Waals surface area contributed by atoms with Gasteiger partial charge in [0.15, 0.2) is 5.11 Å². The fraction of sp³-hybridized carbons (Fsp3) is 0.125. The Bertz CT molecular complexity index is 1350. The van der Waals surface area contributed by atoms with E-state index in [1.54, 1.807) is 35.7 Å². The zero-order valence-electron chi connectivity index (χ0n) is 18.4. The van der Waals surface area contributed by atoms with E-state index in [2.05, 4.69) is 21.5 Å². The van der Waals surface area contributed by atoms with Crippen LogP contribution in [0.15, 0.2) is 60.8 Å². The second kappa shape index (κ2) is 9.25. The minimum atomic E-state index is -0.396. The van der Waals surface area contributed by atoms with Crippen molar-refractivity contribution in [2.45, 2.75) is 13.8 Å². The summed E-state index contributed by atoms with van der Waals surface area (Å²) in [5.41, 5.74) is 10.2. The number of imidazole rings is 1. The summed E-state index contributed by atoms with van der Waals surface area (Å²) in [6.45, 7) is 3.99. The average Bonchev–Trinajstić information content (AvgIpc) is 3.17. The van der Waals surface area contributed by atoms with Gasteiger partial charge in [-0.3, -0.25) is 20.0 Å². The molecule has 4 aromatic rings. The zero-order chi connectivity index (χ0) is 23.5. The van der Waals surface area contributed by atoms with Gasteiger partial charge in [0.25, 0.3) is 5.91 Å². The van der Waals surface area contributed by atoms with Gasteiger partial charge in [0, 0.05) is 24.5 Å². The molecule has 7 nitrogen and oxygen atoms in total. The first-order chi connectivity index (χ1) is 15.9. The maximum atomic E-state index is 14.2. The molecule has 0 bridgehead atoms. The smallest absolute Gasteiger partial charge is 0.270 e. The molecule has 1 amide bonds. The number of halogens is 1. The van der Waals surface area contributed by atoms with Crippen molar-refractivity contribution < 1.29 is 9.18 Å². The monoisotopic (exact) mass is 462 g/mol. The standard InChI is InChI=1S/C24H23FN6OS/c1-14-7-6-8-15(2)20(14)28-22-21(27-19-12-11-16(25)13-31(19)22)17-9-4-5-10-18(17)23(32)29-30-24(33)26-3/h4-13,28H,1-3H3,(H,29,32)(H2,26,30,33). The van der Waals surface area contributed by atoms with E-state index in [0.717, 1.165) is 16.8 Å². The summed E-state index contributed by atoms with van der Waals surface area (Å²) in [7, 11) is 1.65. The van der Waals surface area contributed by atoms with Gasteiger partial charge in [-0.2, -0.15) is 0 Å². The molecule has 0 aliphatic heterocycles. The Labute approximate surface area is 196 Å². The van der Waals surface area contributed by atoms with Crippen molar-refractivity contribution in [2.75, 3.05) is 12.4 Å². The van der Waals surface area contributed by atoms with Crippen LogP contribution in [-0.4, -0.2) is 27.5 Å². The normalized spacial score (nSPS) is 10.7. The average molecular weight is 463 g/mol. The highest BCUT2D eigenvalue weighted by molar-refractivity contribution is 7.80. The molecule has 33 heavy (non-hydrogen) atoms. The number of hydrogen-bond donors (Lipinski definition) is 4. The molecule has 9 heteroatoms. The van der Waals surface area contributed by atoms with Gasteiger partial charge in [-0.25, -0.2) is 9.37 Å². The van der Waals surface area contributed by atoms with E-state index >= 15 is 0 Å². The third kappa shape index (κ3) is 4.49. The topological polar surface area (TPSA) is 82.5 Å². The maximum Gasteiger partial charge on any atom is 0.270 e. The quantitative estimate of drug-likeness (QED) is 0.268. The molecule has 0 saturated carbocycles. The van der Waals surface area contributed by atoms with Crippen LogP contribution < -0.4 is 21.5 Å². The van der Waals surface area contributed by atoms with Crippen LogP contribution >= 0.6 is 12.2 Å². The number of para-hydroxylation sites is 1. The minimum absolute atomic E-state index is 0.279. The number of nitrogens with zero attached hydrogens (tertiary/aromatic N) is 2. The Morgan fingerprint density at radius 3 is 2.45 bits per heavy atom. The van der Waals surface area contributed by atoms with Crippen molar-refractivity contribution in [3.05, 3.63) is 83.3 Å². The molecule has 168 valence electrons. The van der Waals surface area contributed by atoms with Gasteiger partial charge < -0.3 is 10.6 Å². The van der Waals surface area contributed by atoms with Crippen LogP contribution in [0.4, 0.5) is 15.9 Å². The fourth-order valence-electron chi connectivity index (χ4n) is 3.59. The molecule has 0 aliphatic rings. The Morgan fingerprint density at radius 2 is 1.73 bits per heavy atom. The molecule has 0 radical (unpaired) electrons. The van der Waals surface area contributed by atoms with Gasteiger partial charge in [0.2, 0.25) is 0 Å². The highest BCUT2D eigenvalue weighted by Crippen LogP contribution is 2.35. The number of aryl methyl sites for hydroxylation is 2. The van der Waals surface area contributed by atoms with Crippen LogP contribution in [0.25, 0.3) is 16.9 Å². The zero-order valence-corrected chi connectivity index (χ0v) is 19.2. The molecule has 0 unspecified atom stereocenters. The van der Waals surface area contributed by atoms with Crippen molar-refractivity contribution >= 4 is 40.4 Å². The first kappa shape index (κ1) is 22.2. The summed E-state index contributed by atoms with van der Waals surface area (Å²) in [6, 6.07) is 16.0. The number of thiocarbonyl (C=S) groups is 1. The van der Waals surface area contributed by atoms with Gasteiger partial charge in [0.05, 0.1) is 5.56 Å². The van der Waals surface area contributed by atoms with Crippen LogP contribution in [0.5, 0.6) is 0 Å². The van der Waals surface area contributed by atoms with E-state index in [4.69, 9.17) is 17.2 Å². The number of nitrogens with one attached hydrogen (secondary N) is 4. The summed E-state index contributed by atoms with van der Waals surface area (Å²) in [5, 5.41) is 6.45. The van der Waals surface area contributed by atoms with Crippen molar-refractivity contribution in [3.63, 3.8) is 0 Å². The van der Waals surface area contributed by atoms with Crippen LogP contribution in [0, 0.1) is 19.7 Å². The molecule has 0 spiro atoms. The Balaban J connectivity index is 1.86. The Kier molecular flexibility index (Phi) is 6.23. The Hall–Kier alpha value is -3.98. The molecule has 2 aromatic heterocycles. The molecule has 0 aliphatic carbocycles. The van der Waals surface area contributed by atoms with Crippen molar-refractivity contribution in [1.29, 1.82) is 0 Å². The largest absolute Gasteiger partial charge is 0.364 e. The van der Waals surface area contributed by atoms with Crippen LogP contribution in [0.2, 0.25) is 0 Å². The number of anilines is 2. The lowest BCUT2D eigenvalue weighted by Gasteiger charge is -2.15. The second-order valence-electron chi connectivity index (χ2n) is 7.48. The molecule has 0 atom stereocenters. The van der Waals surface area contributed by atoms with E-state index in [-0.39, 0.29) is 11.0 Å². The number of pyridine rings is 1. The lowest BCUT2D eigenvalue weighted by Crippen LogP contribution is -2.45. The summed E-state index contributed by atoms with van der Waals surface area (Å²) < 4.78 is 15.8. The van der Waals surface area contributed by atoms with Crippen molar-refractivity contribution in [2.24, 2.45) is 0 Å². The van der Waals surface area contributed by atoms with Gasteiger partial charge in [-0.1, -0.05) is 36.4 Å². The first-order valence-corrected chi connectivity index (χ1v) is 10.7. The molecule has 0 saturated heterocycles. The maximum absolute atomic E-state index is 14.2. The van der Waals surface area contributed by atoms with E-state index in [9.17, 15) is 9.18 Å². The van der Waals surface area contributed by atoms with Gasteiger partial charge in [-0.15, -0.1) is 0 Å². The van der Waals surface area contributed by atoms with Gasteiger partial charge in [-0.05, 0) is 55.4 Å². The summed E-state index contributed by atoms with van der Waals surface area (Å²) >= 11 is 5.03. The molecule has 0 fully saturated rings. The van der Waals surface area contributed by atoms with Gasteiger partial charge >= 0.3 is 0 Å². The highest BCUT2D eigenvalue weighted by atomic mass is 32.1. The number of amides is 1. The van der Waals surface area contributed by atoms with Crippen LogP contribution in [-0.2, 0) is 0 Å². The molecule has 2 aromatic carbocycles. The number of hydrazine groups is 1. The number of hydrogen-bond acceptors (Lipinski definition) is 4. The first-order valence-electron chi connectivity index (χ1n) is 10.3. The van der Waals surface area contributed by atoms with E-state index in [0.29, 0.717) is 28.3 Å². The molecule has 4 N–H and O–H groups in total. The number of rotatable bonds is 4.